The highest BCUT2D eigenvalue weighted by Crippen LogP contribution is 2.32. The van der Waals surface area contributed by atoms with Gasteiger partial charge in [0.25, 0.3) is 5.88 Å². The topological polar surface area (TPSA) is 118 Å². The number of carbonyl (C=O) groups excluding carboxylic acids is 2. The molecule has 3 heterocycles. The maximum Gasteiger partial charge on any atom is 0.254 e. The predicted molar refractivity (Wildman–Crippen MR) is 131 cm³/mol. The van der Waals surface area contributed by atoms with Crippen LogP contribution in [0.2, 0.25) is 0 Å². The van der Waals surface area contributed by atoms with E-state index >= 15 is 0 Å². The Bertz CT molecular complexity index is 1170. The third-order valence-electron chi connectivity index (χ3n) is 6.25. The van der Waals surface area contributed by atoms with Gasteiger partial charge in [-0.05, 0) is 29.1 Å². The van der Waals surface area contributed by atoms with Crippen LogP contribution in [-0.2, 0) is 16.1 Å². The Morgan fingerprint density at radius 2 is 2.06 bits per heavy atom. The Morgan fingerprint density at radius 1 is 1.31 bits per heavy atom. The summed E-state index contributed by atoms with van der Waals surface area (Å²) in [5, 5.41) is 17.0. The van der Waals surface area contributed by atoms with E-state index in [-0.39, 0.29) is 36.6 Å². The fourth-order valence-electron chi connectivity index (χ4n) is 4.39. The van der Waals surface area contributed by atoms with Gasteiger partial charge in [0.05, 0.1) is 29.3 Å². The maximum atomic E-state index is 13.5. The van der Waals surface area contributed by atoms with Crippen molar-refractivity contribution in [3.63, 3.8) is 0 Å². The molecule has 3 aromatic rings. The molecule has 0 aliphatic carbocycles. The average Bonchev–Trinajstić information content (AvgIpc) is 3.57. The van der Waals surface area contributed by atoms with Crippen LogP contribution in [-0.4, -0.2) is 57.8 Å². The fraction of sp³-hybridized carbons (Fsp3) is 0.440. The Morgan fingerprint density at radius 3 is 2.66 bits per heavy atom. The molecule has 2 N–H and O–H groups in total. The molecule has 35 heavy (non-hydrogen) atoms. The molecule has 2 amide bonds. The second-order valence-corrected chi connectivity index (χ2v) is 9.93. The molecular weight excluding hydrogens is 468 g/mol. The Kier molecular flexibility index (Phi) is 7.51. The van der Waals surface area contributed by atoms with Crippen LogP contribution in [0.3, 0.4) is 0 Å². The van der Waals surface area contributed by atoms with E-state index in [0.717, 1.165) is 21.7 Å². The van der Waals surface area contributed by atoms with Crippen LogP contribution in [0.5, 0.6) is 5.88 Å². The van der Waals surface area contributed by atoms with Crippen molar-refractivity contribution >= 4 is 23.2 Å². The summed E-state index contributed by atoms with van der Waals surface area (Å²) in [5.41, 5.74) is 4.84. The number of nitrogens with one attached hydrogen (secondary N) is 1. The highest BCUT2D eigenvalue weighted by atomic mass is 32.1. The lowest BCUT2D eigenvalue weighted by molar-refractivity contribution is -0.141. The second kappa shape index (κ2) is 10.6. The van der Waals surface area contributed by atoms with E-state index in [4.69, 9.17) is 9.26 Å². The van der Waals surface area contributed by atoms with Crippen LogP contribution >= 0.6 is 11.3 Å². The zero-order valence-electron chi connectivity index (χ0n) is 20.2. The average molecular weight is 499 g/mol. The highest BCUT2D eigenvalue weighted by molar-refractivity contribution is 7.13. The van der Waals surface area contributed by atoms with E-state index in [1.807, 2.05) is 50.5 Å². The Labute approximate surface area is 208 Å². The van der Waals surface area contributed by atoms with E-state index in [0.29, 0.717) is 12.3 Å². The van der Waals surface area contributed by atoms with Gasteiger partial charge in [0.1, 0.15) is 12.0 Å². The second-order valence-electron chi connectivity index (χ2n) is 9.07. The van der Waals surface area contributed by atoms with Crippen molar-refractivity contribution < 1.29 is 24.0 Å². The first-order valence-corrected chi connectivity index (χ1v) is 12.4. The molecule has 1 saturated heterocycles. The maximum absolute atomic E-state index is 13.5. The van der Waals surface area contributed by atoms with E-state index in [2.05, 4.69) is 15.5 Å². The largest absolute Gasteiger partial charge is 0.479 e. The van der Waals surface area contributed by atoms with Gasteiger partial charge in [-0.25, -0.2) is 4.98 Å². The van der Waals surface area contributed by atoms with Crippen LogP contribution in [0.15, 0.2) is 40.4 Å². The van der Waals surface area contributed by atoms with Gasteiger partial charge in [0.2, 0.25) is 11.8 Å². The standard InChI is InChI=1S/C25H30N4O5S/c1-14(2)22(20-10-21(33-4)28-34-20)25(32)29-12-18(30)9-19(29)24(31)26-11-16-5-7-17(8-6-16)23-15(3)27-13-35-23/h5-8,10,13-14,18-19,22,30H,9,11-12H2,1-4H3,(H,26,31)/t18-,19+,22-/m1/s1. The number of methoxy groups -OCH3 is 1. The molecule has 1 aliphatic rings. The minimum Gasteiger partial charge on any atom is -0.479 e. The lowest BCUT2D eigenvalue weighted by Gasteiger charge is -2.28. The van der Waals surface area contributed by atoms with Crippen molar-refractivity contribution in [2.24, 2.45) is 5.92 Å². The first-order chi connectivity index (χ1) is 16.8. The number of likely N-dealkylation sites (tertiary alicyclic amines) is 1. The van der Waals surface area contributed by atoms with Crippen LogP contribution in [0.25, 0.3) is 10.4 Å². The van der Waals surface area contributed by atoms with E-state index in [1.165, 1.54) is 12.0 Å². The van der Waals surface area contributed by atoms with Gasteiger partial charge in [-0.3, -0.25) is 9.59 Å². The number of nitrogens with zero attached hydrogens (tertiary/aromatic N) is 3. The summed E-state index contributed by atoms with van der Waals surface area (Å²) in [6.45, 7) is 6.19. The third kappa shape index (κ3) is 5.38. The number of β-amino-alcohol motifs (C(OH)–C–C–N with tert-alkyl or cyclic N) is 1. The highest BCUT2D eigenvalue weighted by Gasteiger charge is 2.43. The minimum absolute atomic E-state index is 0.0916. The molecule has 0 saturated carbocycles. The zero-order chi connectivity index (χ0) is 25.1. The number of aryl methyl sites for hydroxylation is 1. The van der Waals surface area contributed by atoms with Crippen molar-refractivity contribution in [1.29, 1.82) is 0 Å². The minimum atomic E-state index is -0.770. The summed E-state index contributed by atoms with van der Waals surface area (Å²) in [4.78, 5) is 33.4. The summed E-state index contributed by atoms with van der Waals surface area (Å²) >= 11 is 1.59. The molecule has 0 unspecified atom stereocenters. The summed E-state index contributed by atoms with van der Waals surface area (Å²) in [7, 11) is 1.47. The lowest BCUT2D eigenvalue weighted by Crippen LogP contribution is -2.48. The molecule has 0 bridgehead atoms. The number of aromatic nitrogens is 2. The number of aliphatic hydroxyl groups is 1. The van der Waals surface area contributed by atoms with Gasteiger partial charge in [-0.2, -0.15) is 0 Å². The first kappa shape index (κ1) is 24.9. The summed E-state index contributed by atoms with van der Waals surface area (Å²) in [5.74, 6) is -0.670. The fourth-order valence-corrected chi connectivity index (χ4v) is 5.21. The van der Waals surface area contributed by atoms with Crippen LogP contribution in [0.4, 0.5) is 0 Å². The van der Waals surface area contributed by atoms with Gasteiger partial charge < -0.3 is 24.6 Å². The number of rotatable bonds is 8. The van der Waals surface area contributed by atoms with Gasteiger partial charge in [0.15, 0.2) is 5.76 Å². The summed E-state index contributed by atoms with van der Waals surface area (Å²) in [6.07, 6.45) is -0.584. The van der Waals surface area contributed by atoms with E-state index in [1.54, 1.807) is 17.4 Å². The van der Waals surface area contributed by atoms with Crippen molar-refractivity contribution in [2.45, 2.75) is 51.8 Å². The molecule has 4 rings (SSSR count). The number of hydrogen-bond donors (Lipinski definition) is 2. The Balaban J connectivity index is 1.43. The number of hydrogen-bond acceptors (Lipinski definition) is 8. The number of aliphatic hydroxyl groups excluding tert-OH is 1. The van der Waals surface area contributed by atoms with Crippen LogP contribution < -0.4 is 10.1 Å². The van der Waals surface area contributed by atoms with Gasteiger partial charge in [-0.15, -0.1) is 11.3 Å². The zero-order valence-corrected chi connectivity index (χ0v) is 21.0. The van der Waals surface area contributed by atoms with Crippen molar-refractivity contribution in [2.75, 3.05) is 13.7 Å². The number of amides is 2. The number of ether oxygens (including phenoxy) is 1. The van der Waals surface area contributed by atoms with Gasteiger partial charge in [-0.1, -0.05) is 38.1 Å². The molecule has 1 aliphatic heterocycles. The van der Waals surface area contributed by atoms with Gasteiger partial charge >= 0.3 is 0 Å². The molecule has 3 atom stereocenters. The summed E-state index contributed by atoms with van der Waals surface area (Å²) < 4.78 is 10.4. The molecular formula is C25H30N4O5S. The van der Waals surface area contributed by atoms with Crippen LogP contribution in [0.1, 0.15) is 43.2 Å². The lowest BCUT2D eigenvalue weighted by atomic mass is 9.91. The normalized spacial score (nSPS) is 18.6. The van der Waals surface area contributed by atoms with Crippen molar-refractivity contribution in [3.05, 3.63) is 52.9 Å². The van der Waals surface area contributed by atoms with E-state index < -0.39 is 18.1 Å². The quantitative estimate of drug-likeness (QED) is 0.490. The molecule has 186 valence electrons. The molecule has 0 spiro atoms. The molecule has 1 fully saturated rings. The number of benzene rings is 1. The molecule has 10 heteroatoms. The van der Waals surface area contributed by atoms with Crippen LogP contribution in [0, 0.1) is 12.8 Å². The first-order valence-electron chi connectivity index (χ1n) is 11.5. The number of thiazole rings is 1. The smallest absolute Gasteiger partial charge is 0.254 e. The SMILES string of the molecule is COc1cc([C@H](C(=O)N2C[C@H](O)C[C@H]2C(=O)NCc2ccc(-c3scnc3C)cc2)C(C)C)on1. The number of carbonyl (C=O) groups is 2. The molecule has 2 aromatic heterocycles. The monoisotopic (exact) mass is 498 g/mol. The predicted octanol–water partition coefficient (Wildman–Crippen LogP) is 3.13. The third-order valence-corrected chi connectivity index (χ3v) is 7.23. The van der Waals surface area contributed by atoms with Gasteiger partial charge in [0, 0.05) is 25.6 Å². The van der Waals surface area contributed by atoms with E-state index in [9.17, 15) is 14.7 Å². The molecule has 0 radical (unpaired) electrons. The molecule has 9 nitrogen and oxygen atoms in total. The Hall–Kier alpha value is -3.24. The summed E-state index contributed by atoms with van der Waals surface area (Å²) in [6, 6.07) is 8.77. The van der Waals surface area contributed by atoms with Crippen molar-refractivity contribution in [1.82, 2.24) is 20.4 Å². The van der Waals surface area contributed by atoms with Crippen molar-refractivity contribution in [3.8, 4) is 16.3 Å². The molecule has 1 aromatic carbocycles.